The average Bonchev–Trinajstić information content (AvgIpc) is 3.73. The highest BCUT2D eigenvalue weighted by atomic mass is 16.3. The van der Waals surface area contributed by atoms with Crippen LogP contribution in [0.15, 0.2) is 184 Å². The third-order valence-corrected chi connectivity index (χ3v) is 9.65. The van der Waals surface area contributed by atoms with Crippen LogP contribution in [-0.2, 0) is 0 Å². The second-order valence-electron chi connectivity index (χ2n) is 12.7. The molecule has 0 spiro atoms. The van der Waals surface area contributed by atoms with E-state index >= 15 is 0 Å². The smallest absolute Gasteiger partial charge is 0.159 e. The average molecular weight is 643 g/mol. The zero-order valence-electron chi connectivity index (χ0n) is 27.0. The first kappa shape index (κ1) is 28.3. The van der Waals surface area contributed by atoms with Gasteiger partial charge in [-0.1, -0.05) is 121 Å². The number of fused-ring (bicyclic) bond motifs is 6. The Kier molecular flexibility index (Phi) is 6.49. The maximum absolute atomic E-state index is 6.50. The molecule has 1 aliphatic rings. The SMILES string of the molecule is c1ccc(C2=NC(c3cccc(-c4ccccc4)c3)NC(c3ccc4c(c3)oc3ccc(-n5c6ccccc6c6ccccc65)cc34)=N2)cc1. The van der Waals surface area contributed by atoms with Crippen molar-refractivity contribution in [3.05, 3.63) is 187 Å². The summed E-state index contributed by atoms with van der Waals surface area (Å²) in [6.07, 6.45) is -0.318. The van der Waals surface area contributed by atoms with Gasteiger partial charge in [0.05, 0.1) is 11.0 Å². The van der Waals surface area contributed by atoms with Crippen LogP contribution >= 0.6 is 0 Å². The van der Waals surface area contributed by atoms with E-state index in [1.54, 1.807) is 0 Å². The maximum atomic E-state index is 6.50. The summed E-state index contributed by atoms with van der Waals surface area (Å²) in [6.45, 7) is 0. The van der Waals surface area contributed by atoms with Crippen LogP contribution in [0.5, 0.6) is 0 Å². The van der Waals surface area contributed by atoms with Gasteiger partial charge in [-0.15, -0.1) is 0 Å². The Morgan fingerprint density at radius 1 is 0.480 bits per heavy atom. The number of nitrogens with one attached hydrogen (secondary N) is 1. The Bertz CT molecular complexity index is 2740. The Morgan fingerprint density at radius 2 is 1.16 bits per heavy atom. The molecule has 0 saturated heterocycles. The molecule has 1 aliphatic heterocycles. The van der Waals surface area contributed by atoms with Crippen LogP contribution < -0.4 is 5.32 Å². The van der Waals surface area contributed by atoms with Crippen LogP contribution in [-0.4, -0.2) is 16.2 Å². The number of furan rings is 1. The molecule has 5 heteroatoms. The third kappa shape index (κ3) is 4.71. The number of benzene rings is 7. The van der Waals surface area contributed by atoms with Crippen molar-refractivity contribution in [2.24, 2.45) is 9.98 Å². The standard InChI is InChI=1S/C45H30N4O/c1-3-12-29(13-4-1)31-16-11-17-32(26-31)44-46-43(30-14-5-2-6-15-30)47-45(48-44)33-22-24-37-38-28-34(23-25-41(38)50-42(37)27-33)49-39-20-9-7-18-35(39)36-19-8-10-21-40(36)49/h1-28,44H,(H,46,47,48). The van der Waals surface area contributed by atoms with E-state index in [1.165, 1.54) is 27.4 Å². The predicted molar refractivity (Wildman–Crippen MR) is 205 cm³/mol. The monoisotopic (exact) mass is 642 g/mol. The molecule has 10 rings (SSSR count). The van der Waals surface area contributed by atoms with Crippen LogP contribution in [0.25, 0.3) is 60.6 Å². The van der Waals surface area contributed by atoms with E-state index in [-0.39, 0.29) is 6.17 Å². The van der Waals surface area contributed by atoms with Crippen molar-refractivity contribution in [3.63, 3.8) is 0 Å². The van der Waals surface area contributed by atoms with Crippen molar-refractivity contribution in [1.29, 1.82) is 0 Å². The summed E-state index contributed by atoms with van der Waals surface area (Å²) in [5, 5.41) is 8.27. The Balaban J connectivity index is 1.06. The van der Waals surface area contributed by atoms with Gasteiger partial charge in [-0.3, -0.25) is 0 Å². The molecule has 1 unspecified atom stereocenters. The van der Waals surface area contributed by atoms with Crippen LogP contribution in [0.1, 0.15) is 22.9 Å². The van der Waals surface area contributed by atoms with Crippen molar-refractivity contribution in [1.82, 2.24) is 9.88 Å². The number of nitrogens with zero attached hydrogens (tertiary/aromatic N) is 3. The highest BCUT2D eigenvalue weighted by Crippen LogP contribution is 2.36. The predicted octanol–water partition coefficient (Wildman–Crippen LogP) is 10.8. The Hall–Kier alpha value is -6.72. The molecule has 7 aromatic carbocycles. The van der Waals surface area contributed by atoms with Crippen LogP contribution in [0.4, 0.5) is 0 Å². The van der Waals surface area contributed by atoms with Crippen molar-refractivity contribution < 1.29 is 4.42 Å². The Labute approximate surface area is 288 Å². The van der Waals surface area contributed by atoms with E-state index in [0.29, 0.717) is 5.84 Å². The molecule has 0 bridgehead atoms. The molecule has 2 aromatic heterocycles. The molecule has 0 saturated carbocycles. The molecule has 0 amide bonds. The molecule has 5 nitrogen and oxygen atoms in total. The first-order chi connectivity index (χ1) is 24.8. The van der Waals surface area contributed by atoms with Gasteiger partial charge in [-0.05, 0) is 65.2 Å². The molecule has 0 radical (unpaired) electrons. The summed E-state index contributed by atoms with van der Waals surface area (Å²) in [5.74, 6) is 1.44. The van der Waals surface area contributed by atoms with Gasteiger partial charge in [0.15, 0.2) is 5.84 Å². The molecule has 3 heterocycles. The van der Waals surface area contributed by atoms with Crippen LogP contribution in [0, 0.1) is 0 Å². The van der Waals surface area contributed by atoms with Gasteiger partial charge in [0, 0.05) is 38.4 Å². The number of aliphatic imine (C=N–C) groups is 2. The molecular weight excluding hydrogens is 613 g/mol. The highest BCUT2D eigenvalue weighted by Gasteiger charge is 2.22. The second kappa shape index (κ2) is 11.5. The number of aromatic nitrogens is 1. The van der Waals surface area contributed by atoms with Gasteiger partial charge < -0.3 is 14.3 Å². The van der Waals surface area contributed by atoms with E-state index < -0.39 is 0 Å². The second-order valence-corrected chi connectivity index (χ2v) is 12.7. The zero-order valence-corrected chi connectivity index (χ0v) is 27.0. The number of rotatable bonds is 5. The van der Waals surface area contributed by atoms with Crippen LogP contribution in [0.3, 0.4) is 0 Å². The lowest BCUT2D eigenvalue weighted by molar-refractivity contribution is 0.666. The fourth-order valence-electron chi connectivity index (χ4n) is 7.25. The fourth-order valence-corrected chi connectivity index (χ4v) is 7.25. The quantitative estimate of drug-likeness (QED) is 0.203. The Morgan fingerprint density at radius 3 is 1.92 bits per heavy atom. The van der Waals surface area contributed by atoms with E-state index in [9.17, 15) is 0 Å². The molecule has 1 N–H and O–H groups in total. The van der Waals surface area contributed by atoms with E-state index in [0.717, 1.165) is 55.7 Å². The molecule has 0 fully saturated rings. The van der Waals surface area contributed by atoms with Gasteiger partial charge in [-0.25, -0.2) is 9.98 Å². The lowest BCUT2D eigenvalue weighted by atomic mass is 10.0. The van der Waals surface area contributed by atoms with Crippen molar-refractivity contribution in [3.8, 4) is 16.8 Å². The topological polar surface area (TPSA) is 54.8 Å². The lowest BCUT2D eigenvalue weighted by Gasteiger charge is -2.24. The highest BCUT2D eigenvalue weighted by molar-refractivity contribution is 6.15. The number of para-hydroxylation sites is 2. The molecule has 236 valence electrons. The van der Waals surface area contributed by atoms with E-state index in [4.69, 9.17) is 14.4 Å². The summed E-state index contributed by atoms with van der Waals surface area (Å²) in [7, 11) is 0. The summed E-state index contributed by atoms with van der Waals surface area (Å²) >= 11 is 0. The summed E-state index contributed by atoms with van der Waals surface area (Å²) in [5.41, 5.74) is 10.4. The van der Waals surface area contributed by atoms with Crippen molar-refractivity contribution in [2.75, 3.05) is 0 Å². The van der Waals surface area contributed by atoms with E-state index in [2.05, 4.69) is 155 Å². The number of hydrogen-bond acceptors (Lipinski definition) is 4. The first-order valence-electron chi connectivity index (χ1n) is 16.9. The lowest BCUT2D eigenvalue weighted by Crippen LogP contribution is -2.33. The van der Waals surface area contributed by atoms with Crippen molar-refractivity contribution >= 4 is 55.4 Å². The van der Waals surface area contributed by atoms with Gasteiger partial charge >= 0.3 is 0 Å². The minimum Gasteiger partial charge on any atom is -0.456 e. The largest absolute Gasteiger partial charge is 0.456 e. The molecule has 9 aromatic rings. The third-order valence-electron chi connectivity index (χ3n) is 9.65. The number of amidine groups is 2. The zero-order chi connectivity index (χ0) is 33.0. The van der Waals surface area contributed by atoms with Crippen molar-refractivity contribution in [2.45, 2.75) is 6.17 Å². The molecule has 50 heavy (non-hydrogen) atoms. The van der Waals surface area contributed by atoms with Gasteiger partial charge in [0.1, 0.15) is 23.2 Å². The van der Waals surface area contributed by atoms with Gasteiger partial charge in [0.25, 0.3) is 0 Å². The fraction of sp³-hybridized carbons (Fsp3) is 0.0222. The molecular formula is C45H30N4O. The normalized spacial score (nSPS) is 14.6. The summed E-state index contributed by atoms with van der Waals surface area (Å²) in [6, 6.07) is 59.2. The number of hydrogen-bond donors (Lipinski definition) is 1. The minimum atomic E-state index is -0.318. The van der Waals surface area contributed by atoms with Crippen LogP contribution in [0.2, 0.25) is 0 Å². The minimum absolute atomic E-state index is 0.318. The molecule has 0 aliphatic carbocycles. The summed E-state index contributed by atoms with van der Waals surface area (Å²) in [4.78, 5) is 10.2. The van der Waals surface area contributed by atoms with Gasteiger partial charge in [-0.2, -0.15) is 0 Å². The van der Waals surface area contributed by atoms with Gasteiger partial charge in [0.2, 0.25) is 0 Å². The summed E-state index contributed by atoms with van der Waals surface area (Å²) < 4.78 is 8.84. The van der Waals surface area contributed by atoms with E-state index in [1.807, 2.05) is 24.3 Å². The maximum Gasteiger partial charge on any atom is 0.159 e. The molecule has 1 atom stereocenters. The first-order valence-corrected chi connectivity index (χ1v) is 16.9.